The minimum Gasteiger partial charge on any atom is -0.425 e. The summed E-state index contributed by atoms with van der Waals surface area (Å²) >= 11 is 0. The molecule has 45 heavy (non-hydrogen) atoms. The molecule has 13 nitrogen and oxygen atoms in total. The molecular formula is C31H32N3O10P. The van der Waals surface area contributed by atoms with E-state index >= 15 is 0 Å². The van der Waals surface area contributed by atoms with E-state index in [4.69, 9.17) is 23.0 Å². The number of aromatic nitrogens is 2. The molecule has 6 rings (SSSR count). The molecule has 0 radical (unpaired) electrons. The van der Waals surface area contributed by atoms with E-state index in [1.807, 2.05) is 12.1 Å². The maximum atomic E-state index is 13.2. The topological polar surface area (TPSA) is 155 Å². The number of fused-ring (bicyclic) bond motifs is 1. The van der Waals surface area contributed by atoms with Gasteiger partial charge in [0.05, 0.1) is 13.2 Å². The van der Waals surface area contributed by atoms with Crippen LogP contribution in [0.25, 0.3) is 0 Å². The van der Waals surface area contributed by atoms with Crippen LogP contribution in [0.2, 0.25) is 0 Å². The fourth-order valence-corrected chi connectivity index (χ4v) is 6.63. The highest BCUT2D eigenvalue weighted by Crippen LogP contribution is 2.54. The highest BCUT2D eigenvalue weighted by molar-refractivity contribution is 7.49. The number of para-hydroxylation sites is 1. The number of aromatic amines is 1. The van der Waals surface area contributed by atoms with Crippen LogP contribution in [0.4, 0.5) is 0 Å². The number of carbonyl (C=O) groups is 2. The Balaban J connectivity index is 0.995. The standard InChI is InChI=1S/C31H32N3O10P/c1-20-17-34(31(38)32-29(20)36)28-14-11-24(42-28)19-41-45(39)40-18-22-16-21(9-12-26(22)44-45)10-13-27(35)33-15-5-8-25(33)30(37)43-23-6-3-2-4-7-23/h2-4,6-7,9,11-12,14,16-17,24-25,28H,5,8,10,13,15,18-19H2,1H3,(H,32,36,38)/t24-,25-,28+,45?/m0/s1. The number of ether oxygens (including phenoxy) is 2. The van der Waals surface area contributed by atoms with E-state index in [2.05, 4.69) is 4.98 Å². The number of carbonyl (C=O) groups excluding carboxylic acids is 2. The first-order valence-electron chi connectivity index (χ1n) is 14.6. The number of nitrogens with one attached hydrogen (secondary N) is 1. The lowest BCUT2D eigenvalue weighted by atomic mass is 10.1. The van der Waals surface area contributed by atoms with E-state index < -0.39 is 43.4 Å². The van der Waals surface area contributed by atoms with Gasteiger partial charge < -0.3 is 18.9 Å². The van der Waals surface area contributed by atoms with Crippen molar-refractivity contribution in [1.82, 2.24) is 14.5 Å². The molecule has 1 aromatic heterocycles. The molecule has 0 bridgehead atoms. The fourth-order valence-electron chi connectivity index (χ4n) is 5.41. The van der Waals surface area contributed by atoms with Gasteiger partial charge in [-0.15, -0.1) is 0 Å². The number of rotatable bonds is 9. The Hall–Kier alpha value is -4.29. The summed E-state index contributed by atoms with van der Waals surface area (Å²) in [4.78, 5) is 53.4. The van der Waals surface area contributed by atoms with Crippen LogP contribution >= 0.6 is 7.82 Å². The quantitative estimate of drug-likeness (QED) is 0.159. The van der Waals surface area contributed by atoms with Crippen molar-refractivity contribution in [3.8, 4) is 11.5 Å². The molecule has 0 spiro atoms. The molecule has 1 fully saturated rings. The van der Waals surface area contributed by atoms with Gasteiger partial charge in [0, 0.05) is 30.3 Å². The van der Waals surface area contributed by atoms with Crippen LogP contribution in [0.15, 0.2) is 76.5 Å². The molecule has 3 aliphatic heterocycles. The predicted octanol–water partition coefficient (Wildman–Crippen LogP) is 3.56. The van der Waals surface area contributed by atoms with E-state index in [0.717, 1.165) is 12.0 Å². The maximum Gasteiger partial charge on any atom is 0.530 e. The van der Waals surface area contributed by atoms with E-state index in [1.165, 1.54) is 10.8 Å². The van der Waals surface area contributed by atoms with Crippen molar-refractivity contribution in [1.29, 1.82) is 0 Å². The van der Waals surface area contributed by atoms with Crippen molar-refractivity contribution < 1.29 is 37.2 Å². The predicted molar refractivity (Wildman–Crippen MR) is 160 cm³/mol. The normalized spacial score (nSPS) is 23.8. The fraction of sp³-hybridized carbons (Fsp3) is 0.355. The number of hydrogen-bond acceptors (Lipinski definition) is 10. The Morgan fingerprint density at radius 3 is 2.76 bits per heavy atom. The van der Waals surface area contributed by atoms with Gasteiger partial charge in [-0.1, -0.05) is 30.3 Å². The smallest absolute Gasteiger partial charge is 0.425 e. The second kappa shape index (κ2) is 13.0. The van der Waals surface area contributed by atoms with Crippen LogP contribution in [0, 0.1) is 6.92 Å². The summed E-state index contributed by atoms with van der Waals surface area (Å²) in [6.45, 7) is 1.90. The number of aryl methyl sites for hydroxylation is 2. The van der Waals surface area contributed by atoms with Crippen molar-refractivity contribution >= 4 is 19.7 Å². The SMILES string of the molecule is Cc1cn([C@H]2C=C[C@@H](COP3(=O)OCc4cc(CCC(=O)N5CCC[C@H]5C(=O)Oc5ccccc5)ccc4O3)O2)c(=O)[nH]c1=O. The second-order valence-electron chi connectivity index (χ2n) is 11.0. The Morgan fingerprint density at radius 2 is 1.93 bits per heavy atom. The zero-order valence-electron chi connectivity index (χ0n) is 24.5. The zero-order chi connectivity index (χ0) is 31.6. The zero-order valence-corrected chi connectivity index (χ0v) is 25.4. The molecular weight excluding hydrogens is 605 g/mol. The molecule has 3 aliphatic rings. The lowest BCUT2D eigenvalue weighted by Crippen LogP contribution is -2.42. The van der Waals surface area contributed by atoms with Gasteiger partial charge in [-0.25, -0.2) is 14.2 Å². The number of hydrogen-bond donors (Lipinski definition) is 1. The van der Waals surface area contributed by atoms with Crippen LogP contribution in [0.1, 0.15) is 42.2 Å². The minimum absolute atomic E-state index is 0.0238. The minimum atomic E-state index is -3.95. The number of benzene rings is 2. The average Bonchev–Trinajstić information content (AvgIpc) is 3.72. The summed E-state index contributed by atoms with van der Waals surface area (Å²) < 4.78 is 42.2. The van der Waals surface area contributed by atoms with Crippen LogP contribution in [-0.2, 0) is 41.0 Å². The molecule has 3 aromatic rings. The van der Waals surface area contributed by atoms with Gasteiger partial charge in [0.1, 0.15) is 23.6 Å². The lowest BCUT2D eigenvalue weighted by Gasteiger charge is -2.26. The van der Waals surface area contributed by atoms with Crippen molar-refractivity contribution in [2.45, 2.75) is 57.6 Å². The highest BCUT2D eigenvalue weighted by Gasteiger charge is 2.37. The number of amides is 1. The summed E-state index contributed by atoms with van der Waals surface area (Å²) in [6.07, 6.45) is 5.23. The van der Waals surface area contributed by atoms with E-state index in [0.29, 0.717) is 42.0 Å². The summed E-state index contributed by atoms with van der Waals surface area (Å²) in [5.74, 6) is 0.232. The van der Waals surface area contributed by atoms with Gasteiger partial charge in [-0.3, -0.25) is 28.2 Å². The highest BCUT2D eigenvalue weighted by atomic mass is 31.2. The third kappa shape index (κ3) is 7.02. The maximum absolute atomic E-state index is 13.2. The van der Waals surface area contributed by atoms with Crippen molar-refractivity contribution in [3.05, 3.63) is 104 Å². The van der Waals surface area contributed by atoms with E-state index in [9.17, 15) is 23.7 Å². The van der Waals surface area contributed by atoms with Crippen LogP contribution < -0.4 is 20.5 Å². The summed E-state index contributed by atoms with van der Waals surface area (Å²) in [7, 11) is -3.95. The van der Waals surface area contributed by atoms with Gasteiger partial charge in [0.2, 0.25) is 5.91 Å². The summed E-state index contributed by atoms with van der Waals surface area (Å²) in [6, 6.07) is 13.5. The van der Waals surface area contributed by atoms with Gasteiger partial charge >= 0.3 is 19.5 Å². The Labute approximate surface area is 257 Å². The van der Waals surface area contributed by atoms with Gasteiger partial charge in [0.25, 0.3) is 5.56 Å². The Bertz CT molecular complexity index is 1790. The molecule has 1 N–H and O–H groups in total. The van der Waals surface area contributed by atoms with Gasteiger partial charge in [-0.05, 0) is 62.1 Å². The third-order valence-corrected chi connectivity index (χ3v) is 9.10. The molecule has 14 heteroatoms. The first-order valence-corrected chi connectivity index (χ1v) is 16.1. The van der Waals surface area contributed by atoms with E-state index in [1.54, 1.807) is 60.4 Å². The van der Waals surface area contributed by atoms with Crippen LogP contribution in [-0.4, -0.2) is 51.6 Å². The molecule has 4 heterocycles. The Morgan fingerprint density at radius 1 is 1.11 bits per heavy atom. The third-order valence-electron chi connectivity index (χ3n) is 7.77. The molecule has 236 valence electrons. The van der Waals surface area contributed by atoms with Gasteiger partial charge in [-0.2, -0.15) is 0 Å². The second-order valence-corrected chi connectivity index (χ2v) is 12.6. The first-order chi connectivity index (χ1) is 21.7. The van der Waals surface area contributed by atoms with Crippen LogP contribution in [0.3, 0.4) is 0 Å². The molecule has 1 saturated heterocycles. The number of nitrogens with zero attached hydrogens (tertiary/aromatic N) is 2. The number of phosphoric acid groups is 1. The molecule has 0 aliphatic carbocycles. The number of likely N-dealkylation sites (tertiary alicyclic amines) is 1. The van der Waals surface area contributed by atoms with Crippen molar-refractivity contribution in [2.24, 2.45) is 0 Å². The molecule has 1 amide bonds. The molecule has 0 saturated carbocycles. The lowest BCUT2D eigenvalue weighted by molar-refractivity contribution is -0.146. The van der Waals surface area contributed by atoms with Crippen LogP contribution in [0.5, 0.6) is 11.5 Å². The Kier molecular flexibility index (Phi) is 8.86. The average molecular weight is 638 g/mol. The monoisotopic (exact) mass is 637 g/mol. The molecule has 2 aromatic carbocycles. The van der Waals surface area contributed by atoms with Gasteiger partial charge in [0.15, 0.2) is 6.23 Å². The number of esters is 1. The largest absolute Gasteiger partial charge is 0.530 e. The molecule has 1 unspecified atom stereocenters. The number of phosphoric ester groups is 1. The summed E-state index contributed by atoms with van der Waals surface area (Å²) in [5, 5.41) is 0. The molecule has 4 atom stereocenters. The van der Waals surface area contributed by atoms with Crippen molar-refractivity contribution in [3.63, 3.8) is 0 Å². The number of H-pyrrole nitrogens is 1. The van der Waals surface area contributed by atoms with E-state index in [-0.39, 0.29) is 25.5 Å². The first kappa shape index (κ1) is 30.7. The summed E-state index contributed by atoms with van der Waals surface area (Å²) in [5.41, 5.74) is 0.790. The van der Waals surface area contributed by atoms with Crippen molar-refractivity contribution in [2.75, 3.05) is 13.2 Å².